The van der Waals surface area contributed by atoms with Gasteiger partial charge in [-0.2, -0.15) is 0 Å². The molecule has 72 valence electrons. The zero-order chi connectivity index (χ0) is 10.6. The van der Waals surface area contributed by atoms with Crippen LogP contribution in [-0.2, 0) is 15.1 Å². The second-order valence-electron chi connectivity index (χ2n) is 3.14. The van der Waals surface area contributed by atoms with Gasteiger partial charge in [0, 0.05) is 12.5 Å². The van der Waals surface area contributed by atoms with Crippen LogP contribution in [0.5, 0.6) is 0 Å². The molecule has 0 heterocycles. The van der Waals surface area contributed by atoms with Crippen molar-refractivity contribution < 1.29 is 9.53 Å². The van der Waals surface area contributed by atoms with Crippen molar-refractivity contribution in [3.63, 3.8) is 0 Å². The first-order valence-electron chi connectivity index (χ1n) is 4.31. The number of terminal acetylenes is 1. The van der Waals surface area contributed by atoms with Crippen LogP contribution in [0.2, 0.25) is 0 Å². The standard InChI is InChI=1S/C12H12O2/c1-4-12(3,14-10(2)13)11-8-6-5-7-9-11/h1,5-9H,2-3H3/t12-/m0/s1. The molecule has 2 nitrogen and oxygen atoms in total. The maximum atomic E-state index is 10.9. The molecule has 0 aliphatic rings. The summed E-state index contributed by atoms with van der Waals surface area (Å²) >= 11 is 0. The van der Waals surface area contributed by atoms with Crippen molar-refractivity contribution >= 4 is 5.97 Å². The van der Waals surface area contributed by atoms with Crippen LogP contribution in [0.25, 0.3) is 0 Å². The number of benzene rings is 1. The Balaban J connectivity index is 3.03. The number of rotatable bonds is 2. The summed E-state index contributed by atoms with van der Waals surface area (Å²) in [6, 6.07) is 9.27. The fourth-order valence-corrected chi connectivity index (χ4v) is 1.22. The Morgan fingerprint density at radius 2 is 2.00 bits per heavy atom. The molecule has 1 atom stereocenters. The number of carbonyl (C=O) groups is 1. The van der Waals surface area contributed by atoms with Crippen molar-refractivity contribution in [1.82, 2.24) is 0 Å². The zero-order valence-corrected chi connectivity index (χ0v) is 8.28. The largest absolute Gasteiger partial charge is 0.442 e. The summed E-state index contributed by atoms with van der Waals surface area (Å²) < 4.78 is 5.10. The van der Waals surface area contributed by atoms with E-state index in [1.807, 2.05) is 30.3 Å². The minimum absolute atomic E-state index is 0.380. The molecule has 0 bridgehead atoms. The van der Waals surface area contributed by atoms with E-state index in [1.54, 1.807) is 6.92 Å². The molecule has 2 heteroatoms. The summed E-state index contributed by atoms with van der Waals surface area (Å²) in [4.78, 5) is 10.9. The van der Waals surface area contributed by atoms with E-state index in [1.165, 1.54) is 6.92 Å². The molecule has 0 spiro atoms. The van der Waals surface area contributed by atoms with Gasteiger partial charge in [-0.05, 0) is 6.92 Å². The van der Waals surface area contributed by atoms with E-state index in [0.717, 1.165) is 5.56 Å². The molecule has 0 radical (unpaired) electrons. The molecule has 0 amide bonds. The average Bonchev–Trinajstić information content (AvgIpc) is 2.18. The van der Waals surface area contributed by atoms with Crippen LogP contribution in [0.3, 0.4) is 0 Å². The fourth-order valence-electron chi connectivity index (χ4n) is 1.22. The fraction of sp³-hybridized carbons (Fsp3) is 0.250. The van der Waals surface area contributed by atoms with E-state index in [2.05, 4.69) is 5.92 Å². The van der Waals surface area contributed by atoms with Crippen LogP contribution in [0.15, 0.2) is 30.3 Å². The second kappa shape index (κ2) is 3.97. The van der Waals surface area contributed by atoms with Crippen molar-refractivity contribution in [2.75, 3.05) is 0 Å². The van der Waals surface area contributed by atoms with Gasteiger partial charge in [-0.25, -0.2) is 0 Å². The predicted octanol–water partition coefficient (Wildman–Crippen LogP) is 2.10. The smallest absolute Gasteiger partial charge is 0.304 e. The lowest BCUT2D eigenvalue weighted by atomic mass is 9.97. The third-order valence-electron chi connectivity index (χ3n) is 1.95. The van der Waals surface area contributed by atoms with Crippen molar-refractivity contribution in [3.05, 3.63) is 35.9 Å². The molecule has 0 aliphatic heterocycles. The highest BCUT2D eigenvalue weighted by Crippen LogP contribution is 2.24. The number of ether oxygens (including phenoxy) is 1. The summed E-state index contributed by atoms with van der Waals surface area (Å²) in [5.74, 6) is 2.10. The third kappa shape index (κ3) is 2.14. The molecule has 0 unspecified atom stereocenters. The second-order valence-corrected chi connectivity index (χ2v) is 3.14. The predicted molar refractivity (Wildman–Crippen MR) is 54.4 cm³/mol. The molecule has 1 aromatic rings. The Morgan fingerprint density at radius 1 is 1.43 bits per heavy atom. The minimum atomic E-state index is -0.965. The maximum absolute atomic E-state index is 10.9. The lowest BCUT2D eigenvalue weighted by Gasteiger charge is -2.23. The number of esters is 1. The Kier molecular flexibility index (Phi) is 2.93. The van der Waals surface area contributed by atoms with Gasteiger partial charge < -0.3 is 4.74 Å². The van der Waals surface area contributed by atoms with Gasteiger partial charge in [0.05, 0.1) is 0 Å². The van der Waals surface area contributed by atoms with Gasteiger partial charge in [-0.3, -0.25) is 4.79 Å². The highest BCUT2D eigenvalue weighted by atomic mass is 16.6. The van der Waals surface area contributed by atoms with E-state index >= 15 is 0 Å². The molecule has 14 heavy (non-hydrogen) atoms. The topological polar surface area (TPSA) is 26.3 Å². The van der Waals surface area contributed by atoms with Crippen LogP contribution in [0.4, 0.5) is 0 Å². The minimum Gasteiger partial charge on any atom is -0.442 e. The lowest BCUT2D eigenvalue weighted by molar-refractivity contribution is -0.151. The van der Waals surface area contributed by atoms with Gasteiger partial charge in [-0.15, -0.1) is 6.42 Å². The van der Waals surface area contributed by atoms with Crippen LogP contribution in [0, 0.1) is 12.3 Å². The normalized spacial score (nSPS) is 13.8. The van der Waals surface area contributed by atoms with Crippen LogP contribution in [-0.4, -0.2) is 5.97 Å². The summed E-state index contributed by atoms with van der Waals surface area (Å²) in [6.07, 6.45) is 5.36. The highest BCUT2D eigenvalue weighted by molar-refractivity contribution is 5.67. The quantitative estimate of drug-likeness (QED) is 0.524. The Labute approximate surface area is 83.9 Å². The van der Waals surface area contributed by atoms with Crippen LogP contribution in [0.1, 0.15) is 19.4 Å². The highest BCUT2D eigenvalue weighted by Gasteiger charge is 2.26. The van der Waals surface area contributed by atoms with Gasteiger partial charge in [0.2, 0.25) is 0 Å². The lowest BCUT2D eigenvalue weighted by Crippen LogP contribution is -2.26. The molecule has 1 aromatic carbocycles. The summed E-state index contributed by atoms with van der Waals surface area (Å²) in [6.45, 7) is 3.04. The van der Waals surface area contributed by atoms with E-state index in [-0.39, 0.29) is 5.97 Å². The maximum Gasteiger partial charge on any atom is 0.304 e. The van der Waals surface area contributed by atoms with Crippen molar-refractivity contribution in [2.24, 2.45) is 0 Å². The monoisotopic (exact) mass is 188 g/mol. The van der Waals surface area contributed by atoms with Gasteiger partial charge >= 0.3 is 5.97 Å². The van der Waals surface area contributed by atoms with Gasteiger partial charge in [-0.1, -0.05) is 36.3 Å². The molecular weight excluding hydrogens is 176 g/mol. The van der Waals surface area contributed by atoms with Crippen LogP contribution < -0.4 is 0 Å². The van der Waals surface area contributed by atoms with Crippen molar-refractivity contribution in [2.45, 2.75) is 19.4 Å². The summed E-state index contributed by atoms with van der Waals surface area (Å²) in [5.41, 5.74) is -0.162. The summed E-state index contributed by atoms with van der Waals surface area (Å²) in [7, 11) is 0. The van der Waals surface area contributed by atoms with Crippen molar-refractivity contribution in [1.29, 1.82) is 0 Å². The molecule has 0 aromatic heterocycles. The van der Waals surface area contributed by atoms with Crippen LogP contribution >= 0.6 is 0 Å². The van der Waals surface area contributed by atoms with Gasteiger partial charge in [0.1, 0.15) is 0 Å². The molecule has 0 N–H and O–H groups in total. The third-order valence-corrected chi connectivity index (χ3v) is 1.95. The Hall–Kier alpha value is -1.75. The van der Waals surface area contributed by atoms with E-state index < -0.39 is 5.60 Å². The van der Waals surface area contributed by atoms with E-state index in [4.69, 9.17) is 11.2 Å². The first-order valence-corrected chi connectivity index (χ1v) is 4.31. The van der Waals surface area contributed by atoms with E-state index in [0.29, 0.717) is 0 Å². The summed E-state index contributed by atoms with van der Waals surface area (Å²) in [5, 5.41) is 0. The molecule has 1 rings (SSSR count). The number of hydrogen-bond donors (Lipinski definition) is 0. The first-order chi connectivity index (χ1) is 6.58. The Bertz CT molecular complexity index is 362. The molecule has 0 aliphatic carbocycles. The van der Waals surface area contributed by atoms with Crippen molar-refractivity contribution in [3.8, 4) is 12.3 Å². The van der Waals surface area contributed by atoms with Gasteiger partial charge in [0.25, 0.3) is 0 Å². The van der Waals surface area contributed by atoms with Gasteiger partial charge in [0.15, 0.2) is 5.60 Å². The number of carbonyl (C=O) groups excluding carboxylic acids is 1. The average molecular weight is 188 g/mol. The van der Waals surface area contributed by atoms with E-state index in [9.17, 15) is 4.79 Å². The molecule has 0 saturated heterocycles. The molecule has 0 fully saturated rings. The molecular formula is C12H12O2. The number of hydrogen-bond acceptors (Lipinski definition) is 2. The molecule has 0 saturated carbocycles. The SMILES string of the molecule is C#C[C@](C)(OC(C)=O)c1ccccc1. The zero-order valence-electron chi connectivity index (χ0n) is 8.28. The first kappa shape index (κ1) is 10.3. The Morgan fingerprint density at radius 3 is 2.43 bits per heavy atom.